The molecular weight excluding hydrogens is 442 g/mol. The zero-order valence-electron chi connectivity index (χ0n) is 19.0. The molecule has 0 atom stereocenters. The van der Waals surface area contributed by atoms with Crippen molar-refractivity contribution >= 4 is 50.2 Å². The smallest absolute Gasteiger partial charge is 0.274 e. The molecule has 9 heteroatoms. The second kappa shape index (κ2) is 9.62. The topological polar surface area (TPSA) is 80.1 Å². The SMILES string of the molecule is Cc1cc(C)cc(NC(=O)CSc2nc3nc(N4CCCCC4)sc3c(=O)n2C(C)C)c1. The first kappa shape index (κ1) is 22.8. The van der Waals surface area contributed by atoms with Crippen LogP contribution in [-0.2, 0) is 4.79 Å². The third-order valence-corrected chi connectivity index (χ3v) is 7.45. The number of hydrogen-bond donors (Lipinski definition) is 1. The Kier molecular flexibility index (Phi) is 6.85. The van der Waals surface area contributed by atoms with Gasteiger partial charge in [0.25, 0.3) is 5.56 Å². The van der Waals surface area contributed by atoms with Crippen molar-refractivity contribution in [2.24, 2.45) is 0 Å². The largest absolute Gasteiger partial charge is 0.348 e. The van der Waals surface area contributed by atoms with E-state index in [-0.39, 0.29) is 23.3 Å². The van der Waals surface area contributed by atoms with Crippen LogP contribution in [0.25, 0.3) is 10.3 Å². The number of thioether (sulfide) groups is 1. The van der Waals surface area contributed by atoms with E-state index in [1.807, 2.05) is 39.8 Å². The number of aryl methyl sites for hydroxylation is 2. The molecular formula is C23H29N5O2S2. The Morgan fingerprint density at radius 2 is 1.81 bits per heavy atom. The molecule has 0 bridgehead atoms. The number of amides is 1. The molecule has 1 N–H and O–H groups in total. The van der Waals surface area contributed by atoms with Crippen molar-refractivity contribution in [3.63, 3.8) is 0 Å². The van der Waals surface area contributed by atoms with Gasteiger partial charge in [-0.15, -0.1) is 0 Å². The highest BCUT2D eigenvalue weighted by molar-refractivity contribution is 7.99. The zero-order chi connectivity index (χ0) is 22.8. The number of carbonyl (C=O) groups excluding carboxylic acids is 1. The number of thiazole rings is 1. The van der Waals surface area contributed by atoms with Crippen LogP contribution in [0, 0.1) is 13.8 Å². The monoisotopic (exact) mass is 471 g/mol. The number of aromatic nitrogens is 3. The summed E-state index contributed by atoms with van der Waals surface area (Å²) < 4.78 is 2.26. The number of rotatable bonds is 6. The Morgan fingerprint density at radius 3 is 2.47 bits per heavy atom. The van der Waals surface area contributed by atoms with Gasteiger partial charge in [-0.25, -0.2) is 4.98 Å². The number of nitrogens with one attached hydrogen (secondary N) is 1. The molecule has 0 saturated carbocycles. The fraction of sp³-hybridized carbons (Fsp3) is 0.478. The molecule has 1 aromatic carbocycles. The lowest BCUT2D eigenvalue weighted by molar-refractivity contribution is -0.113. The van der Waals surface area contributed by atoms with Gasteiger partial charge >= 0.3 is 0 Å². The Labute approximate surface area is 196 Å². The van der Waals surface area contributed by atoms with E-state index < -0.39 is 0 Å². The van der Waals surface area contributed by atoms with Gasteiger partial charge in [-0.05, 0) is 70.2 Å². The predicted molar refractivity (Wildman–Crippen MR) is 133 cm³/mol. The quantitative estimate of drug-likeness (QED) is 0.412. The average Bonchev–Trinajstić information content (AvgIpc) is 3.16. The van der Waals surface area contributed by atoms with Crippen LogP contribution < -0.4 is 15.8 Å². The predicted octanol–water partition coefficient (Wildman–Crippen LogP) is 4.77. The maximum absolute atomic E-state index is 13.3. The first-order chi connectivity index (χ1) is 15.3. The number of nitrogens with zero attached hydrogens (tertiary/aromatic N) is 4. The highest BCUT2D eigenvalue weighted by Gasteiger charge is 2.21. The summed E-state index contributed by atoms with van der Waals surface area (Å²) in [6.07, 6.45) is 3.54. The van der Waals surface area contributed by atoms with E-state index in [4.69, 9.17) is 4.98 Å². The Balaban J connectivity index is 1.57. The minimum atomic E-state index is -0.128. The Bertz CT molecular complexity index is 1170. The maximum Gasteiger partial charge on any atom is 0.274 e. The van der Waals surface area contributed by atoms with E-state index >= 15 is 0 Å². The van der Waals surface area contributed by atoms with Crippen molar-refractivity contribution in [1.82, 2.24) is 14.5 Å². The van der Waals surface area contributed by atoms with Crippen LogP contribution in [0.5, 0.6) is 0 Å². The van der Waals surface area contributed by atoms with Crippen molar-refractivity contribution in [3.05, 3.63) is 39.7 Å². The lowest BCUT2D eigenvalue weighted by Gasteiger charge is -2.25. The van der Waals surface area contributed by atoms with Crippen LogP contribution in [0.4, 0.5) is 10.8 Å². The van der Waals surface area contributed by atoms with Crippen LogP contribution in [0.15, 0.2) is 28.2 Å². The summed E-state index contributed by atoms with van der Waals surface area (Å²) in [5.41, 5.74) is 3.38. The van der Waals surface area contributed by atoms with Gasteiger partial charge in [0, 0.05) is 24.8 Å². The Hall–Kier alpha value is -2.39. The van der Waals surface area contributed by atoms with Crippen molar-refractivity contribution in [3.8, 4) is 0 Å². The van der Waals surface area contributed by atoms with E-state index in [1.54, 1.807) is 4.57 Å². The van der Waals surface area contributed by atoms with E-state index in [0.29, 0.717) is 15.5 Å². The molecule has 3 aromatic rings. The van der Waals surface area contributed by atoms with Crippen LogP contribution in [0.1, 0.15) is 50.3 Å². The van der Waals surface area contributed by atoms with Crippen LogP contribution in [0.2, 0.25) is 0 Å². The van der Waals surface area contributed by atoms with Crippen LogP contribution in [-0.4, -0.2) is 39.3 Å². The number of carbonyl (C=O) groups is 1. The molecule has 7 nitrogen and oxygen atoms in total. The van der Waals surface area contributed by atoms with Gasteiger partial charge in [0.2, 0.25) is 5.91 Å². The molecule has 0 unspecified atom stereocenters. The molecule has 32 heavy (non-hydrogen) atoms. The highest BCUT2D eigenvalue weighted by atomic mass is 32.2. The van der Waals surface area contributed by atoms with Gasteiger partial charge < -0.3 is 10.2 Å². The van der Waals surface area contributed by atoms with Gasteiger partial charge in [0.1, 0.15) is 4.70 Å². The lowest BCUT2D eigenvalue weighted by Crippen LogP contribution is -2.29. The molecule has 0 radical (unpaired) electrons. The fourth-order valence-corrected chi connectivity index (χ4v) is 5.92. The number of anilines is 2. The molecule has 170 valence electrons. The minimum Gasteiger partial charge on any atom is -0.348 e. The minimum absolute atomic E-state index is 0.0649. The van der Waals surface area contributed by atoms with Crippen molar-refractivity contribution in [1.29, 1.82) is 0 Å². The summed E-state index contributed by atoms with van der Waals surface area (Å²) >= 11 is 2.71. The second-order valence-electron chi connectivity index (χ2n) is 8.57. The summed E-state index contributed by atoms with van der Waals surface area (Å²) in [7, 11) is 0. The second-order valence-corrected chi connectivity index (χ2v) is 10.5. The van der Waals surface area contributed by atoms with Gasteiger partial charge in [-0.3, -0.25) is 14.2 Å². The molecule has 1 aliphatic rings. The zero-order valence-corrected chi connectivity index (χ0v) is 20.6. The number of piperidine rings is 1. The average molecular weight is 472 g/mol. The summed E-state index contributed by atoms with van der Waals surface area (Å²) in [5, 5.41) is 4.35. The number of hydrogen-bond acceptors (Lipinski definition) is 7. The van der Waals surface area contributed by atoms with E-state index in [2.05, 4.69) is 21.3 Å². The van der Waals surface area contributed by atoms with Crippen molar-refractivity contribution in [2.45, 2.75) is 58.2 Å². The Morgan fingerprint density at radius 1 is 1.12 bits per heavy atom. The van der Waals surface area contributed by atoms with Gasteiger partial charge in [-0.1, -0.05) is 29.2 Å². The van der Waals surface area contributed by atoms with E-state index in [9.17, 15) is 9.59 Å². The van der Waals surface area contributed by atoms with Gasteiger partial charge in [-0.2, -0.15) is 4.98 Å². The first-order valence-electron chi connectivity index (χ1n) is 11.0. The molecule has 0 spiro atoms. The van der Waals surface area contributed by atoms with Crippen LogP contribution >= 0.6 is 23.1 Å². The van der Waals surface area contributed by atoms with Crippen LogP contribution in [0.3, 0.4) is 0 Å². The standard InChI is InChI=1S/C23H29N5O2S2/c1-14(2)28-21(30)19-20(25-22(32-19)27-8-6-5-7-9-27)26-23(28)31-13-18(29)24-17-11-15(3)10-16(4)12-17/h10-12,14H,5-9,13H2,1-4H3,(H,24,29). The molecule has 1 amide bonds. The molecule has 4 rings (SSSR count). The fourth-order valence-electron chi connectivity index (χ4n) is 4.01. The maximum atomic E-state index is 13.3. The summed E-state index contributed by atoms with van der Waals surface area (Å²) in [4.78, 5) is 37.5. The first-order valence-corrected chi connectivity index (χ1v) is 12.8. The van der Waals surface area contributed by atoms with Crippen molar-refractivity contribution < 1.29 is 4.79 Å². The molecule has 1 fully saturated rings. The molecule has 1 saturated heterocycles. The third kappa shape index (κ3) is 4.99. The number of fused-ring (bicyclic) bond motifs is 1. The summed E-state index contributed by atoms with van der Waals surface area (Å²) in [6.45, 7) is 9.87. The molecule has 2 aromatic heterocycles. The van der Waals surface area contributed by atoms with Gasteiger partial charge in [0.05, 0.1) is 5.75 Å². The summed E-state index contributed by atoms with van der Waals surface area (Å²) in [6, 6.07) is 5.89. The number of benzene rings is 1. The highest BCUT2D eigenvalue weighted by Crippen LogP contribution is 2.30. The molecule has 0 aliphatic carbocycles. The normalized spacial score (nSPS) is 14.3. The van der Waals surface area contributed by atoms with E-state index in [0.717, 1.165) is 47.9 Å². The lowest BCUT2D eigenvalue weighted by atomic mass is 10.1. The third-order valence-electron chi connectivity index (χ3n) is 5.40. The van der Waals surface area contributed by atoms with Gasteiger partial charge in [0.15, 0.2) is 15.9 Å². The molecule has 1 aliphatic heterocycles. The molecule has 3 heterocycles. The summed E-state index contributed by atoms with van der Waals surface area (Å²) in [5.74, 6) is 0.0396. The van der Waals surface area contributed by atoms with E-state index in [1.165, 1.54) is 29.5 Å². The van der Waals surface area contributed by atoms with Crippen molar-refractivity contribution in [2.75, 3.05) is 29.1 Å².